The number of aryl methyl sites for hydroxylation is 1. The first-order valence-corrected chi connectivity index (χ1v) is 12.0. The van der Waals surface area contributed by atoms with E-state index in [0.717, 1.165) is 43.3 Å². The van der Waals surface area contributed by atoms with E-state index in [9.17, 15) is 0 Å². The molecule has 0 heterocycles. The Morgan fingerprint density at radius 2 is 1.73 bits per heavy atom. The molecule has 0 amide bonds. The van der Waals surface area contributed by atoms with Gasteiger partial charge >= 0.3 is 0 Å². The molecule has 1 N–H and O–H groups in total. The molecule has 33 heavy (non-hydrogen) atoms. The molecule has 0 bridgehead atoms. The average Bonchev–Trinajstić information content (AvgIpc) is 2.81. The van der Waals surface area contributed by atoms with Crippen molar-refractivity contribution in [2.75, 3.05) is 7.05 Å². The second-order valence-corrected chi connectivity index (χ2v) is 8.92. The number of hydrogen-bond donors (Lipinski definition) is 1. The summed E-state index contributed by atoms with van der Waals surface area (Å²) in [6, 6.07) is 13.4. The molecule has 174 valence electrons. The van der Waals surface area contributed by atoms with Crippen molar-refractivity contribution in [1.29, 1.82) is 0 Å². The molecule has 1 heteroatoms. The Labute approximate surface area is 202 Å². The van der Waals surface area contributed by atoms with Crippen LogP contribution in [-0.2, 0) is 6.42 Å². The smallest absolute Gasteiger partial charge is 0.00983 e. The Hall–Kier alpha value is -3.06. The van der Waals surface area contributed by atoms with E-state index in [-0.39, 0.29) is 0 Å². The van der Waals surface area contributed by atoms with Gasteiger partial charge in [-0.1, -0.05) is 86.9 Å². The molecule has 1 nitrogen and oxygen atoms in total. The van der Waals surface area contributed by atoms with E-state index in [1.54, 1.807) is 0 Å². The summed E-state index contributed by atoms with van der Waals surface area (Å²) in [5, 5.41) is 3.43. The fourth-order valence-electron chi connectivity index (χ4n) is 4.41. The third-order valence-electron chi connectivity index (χ3n) is 6.26. The highest BCUT2D eigenvalue weighted by molar-refractivity contribution is 5.78. The Balaban J connectivity index is 2.38. The molecule has 0 aliphatic carbocycles. The summed E-state index contributed by atoms with van der Waals surface area (Å²) in [6.45, 7) is 23.0. The largest absolute Gasteiger partial charge is 0.391 e. The monoisotopic (exact) mass is 439 g/mol. The molecule has 0 saturated carbocycles. The lowest BCUT2D eigenvalue weighted by Crippen LogP contribution is -2.17. The fourth-order valence-corrected chi connectivity index (χ4v) is 4.41. The highest BCUT2D eigenvalue weighted by Crippen LogP contribution is 2.33. The molecule has 0 aliphatic rings. The Kier molecular flexibility index (Phi) is 10.2. The van der Waals surface area contributed by atoms with E-state index < -0.39 is 0 Å². The molecular weight excluding hydrogens is 398 g/mol. The first-order valence-electron chi connectivity index (χ1n) is 12.0. The second-order valence-electron chi connectivity index (χ2n) is 8.92. The number of nitrogens with one attached hydrogen (secondary N) is 1. The lowest BCUT2D eigenvalue weighted by Gasteiger charge is -2.23. The van der Waals surface area contributed by atoms with E-state index in [2.05, 4.69) is 94.9 Å². The van der Waals surface area contributed by atoms with Crippen LogP contribution in [0, 0.1) is 12.8 Å². The van der Waals surface area contributed by atoms with Crippen LogP contribution in [0.5, 0.6) is 0 Å². The van der Waals surface area contributed by atoms with Gasteiger partial charge in [-0.15, -0.1) is 6.58 Å². The first-order chi connectivity index (χ1) is 15.8. The molecule has 2 aromatic carbocycles. The van der Waals surface area contributed by atoms with Crippen molar-refractivity contribution in [2.45, 2.75) is 52.9 Å². The molecule has 0 saturated heterocycles. The number of hydrogen-bond acceptors (Lipinski definition) is 1. The lowest BCUT2D eigenvalue weighted by molar-refractivity contribution is 0.547. The quantitative estimate of drug-likeness (QED) is 0.308. The van der Waals surface area contributed by atoms with Crippen molar-refractivity contribution >= 4 is 17.2 Å². The van der Waals surface area contributed by atoms with Gasteiger partial charge in [-0.3, -0.25) is 0 Å². The maximum Gasteiger partial charge on any atom is 0.00983 e. The molecular formula is C32H41N. The summed E-state index contributed by atoms with van der Waals surface area (Å²) in [7, 11) is 2.02. The van der Waals surface area contributed by atoms with Gasteiger partial charge in [-0.05, 0) is 84.9 Å². The van der Waals surface area contributed by atoms with Crippen LogP contribution in [0.4, 0.5) is 0 Å². The summed E-state index contributed by atoms with van der Waals surface area (Å²) in [6.07, 6.45) is 11.1. The van der Waals surface area contributed by atoms with E-state index in [1.807, 2.05) is 19.2 Å². The van der Waals surface area contributed by atoms with Crippen LogP contribution in [0.25, 0.3) is 17.2 Å². The van der Waals surface area contributed by atoms with Gasteiger partial charge in [0.1, 0.15) is 0 Å². The van der Waals surface area contributed by atoms with Gasteiger partial charge in [0.25, 0.3) is 0 Å². The van der Waals surface area contributed by atoms with Crippen molar-refractivity contribution in [3.63, 3.8) is 0 Å². The van der Waals surface area contributed by atoms with Crippen molar-refractivity contribution < 1.29 is 0 Å². The zero-order chi connectivity index (χ0) is 24.4. The molecule has 1 atom stereocenters. The topological polar surface area (TPSA) is 12.0 Å². The van der Waals surface area contributed by atoms with Gasteiger partial charge in [0.05, 0.1) is 0 Å². The van der Waals surface area contributed by atoms with Crippen LogP contribution < -0.4 is 5.32 Å². The molecule has 2 rings (SSSR count). The van der Waals surface area contributed by atoms with Gasteiger partial charge in [0.2, 0.25) is 0 Å². The van der Waals surface area contributed by atoms with Crippen molar-refractivity contribution in [3.05, 3.63) is 114 Å². The maximum atomic E-state index is 4.54. The average molecular weight is 440 g/mol. The van der Waals surface area contributed by atoms with Gasteiger partial charge in [0, 0.05) is 18.7 Å². The summed E-state index contributed by atoms with van der Waals surface area (Å²) in [5.41, 5.74) is 11.0. The normalized spacial score (nSPS) is 12.2. The van der Waals surface area contributed by atoms with E-state index >= 15 is 0 Å². The Morgan fingerprint density at radius 3 is 2.33 bits per heavy atom. The van der Waals surface area contributed by atoms with Gasteiger partial charge in [0.15, 0.2) is 0 Å². The SMILES string of the molecule is C=CCCC(CC(=C)c1cc(Cc2ccc(C)c(C=C)c2)ccc1C(=C)C)/C(=C/CC)NC. The predicted octanol–water partition coefficient (Wildman–Crippen LogP) is 8.76. The Morgan fingerprint density at radius 1 is 1.03 bits per heavy atom. The fraction of sp³-hybridized carbons (Fsp3) is 0.312. The molecule has 1 unspecified atom stereocenters. The summed E-state index contributed by atoms with van der Waals surface area (Å²) >= 11 is 0. The highest BCUT2D eigenvalue weighted by atomic mass is 14.8. The van der Waals surface area contributed by atoms with Crippen molar-refractivity contribution in [3.8, 4) is 0 Å². The predicted molar refractivity (Wildman–Crippen MR) is 149 cm³/mol. The van der Waals surface area contributed by atoms with Crippen LogP contribution >= 0.6 is 0 Å². The summed E-state index contributed by atoms with van der Waals surface area (Å²) in [4.78, 5) is 0. The van der Waals surface area contributed by atoms with Crippen molar-refractivity contribution in [2.24, 2.45) is 5.92 Å². The van der Waals surface area contributed by atoms with Gasteiger partial charge < -0.3 is 5.32 Å². The number of benzene rings is 2. The second kappa shape index (κ2) is 12.8. The number of allylic oxidation sites excluding steroid dienone is 5. The molecule has 0 fully saturated rings. The molecule has 0 spiro atoms. The summed E-state index contributed by atoms with van der Waals surface area (Å²) in [5.74, 6) is 0.398. The standard InChI is InChI=1S/C32H41N/c1-9-12-14-29(32(33-8)13-10-2)19-25(7)31-22-27(17-18-30(31)23(4)5)20-26-16-15-24(6)28(11-3)21-26/h9,11,13,15-18,21-22,29,33H,1,3-4,7,10,12,14,19-20H2,2,5-6,8H3/b32-13-. The van der Waals surface area contributed by atoms with Crippen LogP contribution in [0.3, 0.4) is 0 Å². The van der Waals surface area contributed by atoms with E-state index in [1.165, 1.54) is 39.1 Å². The minimum Gasteiger partial charge on any atom is -0.391 e. The van der Waals surface area contributed by atoms with Crippen LogP contribution in [-0.4, -0.2) is 7.05 Å². The number of rotatable bonds is 13. The minimum atomic E-state index is 0.398. The van der Waals surface area contributed by atoms with Gasteiger partial charge in [-0.25, -0.2) is 0 Å². The molecule has 0 aliphatic heterocycles. The van der Waals surface area contributed by atoms with Crippen LogP contribution in [0.2, 0.25) is 0 Å². The van der Waals surface area contributed by atoms with Crippen LogP contribution in [0.15, 0.2) is 80.6 Å². The minimum absolute atomic E-state index is 0.398. The van der Waals surface area contributed by atoms with Gasteiger partial charge in [-0.2, -0.15) is 0 Å². The summed E-state index contributed by atoms with van der Waals surface area (Å²) < 4.78 is 0. The zero-order valence-corrected chi connectivity index (χ0v) is 21.1. The molecule has 0 aromatic heterocycles. The van der Waals surface area contributed by atoms with E-state index in [4.69, 9.17) is 0 Å². The Bertz CT molecular complexity index is 1030. The third kappa shape index (κ3) is 7.22. The molecule has 2 aromatic rings. The van der Waals surface area contributed by atoms with E-state index in [0.29, 0.717) is 5.92 Å². The third-order valence-corrected chi connectivity index (χ3v) is 6.26. The van der Waals surface area contributed by atoms with Crippen molar-refractivity contribution in [1.82, 2.24) is 5.32 Å². The van der Waals surface area contributed by atoms with Crippen LogP contribution in [0.1, 0.15) is 72.9 Å². The maximum absolute atomic E-state index is 4.54. The zero-order valence-electron chi connectivity index (χ0n) is 21.1. The first kappa shape index (κ1) is 26.2. The lowest BCUT2D eigenvalue weighted by atomic mass is 9.85. The molecule has 0 radical (unpaired) electrons. The highest BCUT2D eigenvalue weighted by Gasteiger charge is 2.17.